The van der Waals surface area contributed by atoms with Crippen molar-refractivity contribution in [1.29, 1.82) is 0 Å². The molecule has 0 saturated carbocycles. The van der Waals surface area contributed by atoms with E-state index in [9.17, 15) is 13.5 Å². The summed E-state index contributed by atoms with van der Waals surface area (Å²) in [5.41, 5.74) is 3.65. The number of hydrogen-bond acceptors (Lipinski definition) is 7. The Bertz CT molecular complexity index is 1020. The Balaban J connectivity index is 1.57. The first kappa shape index (κ1) is 17.7. The predicted molar refractivity (Wildman–Crippen MR) is 106 cm³/mol. The third-order valence-corrected chi connectivity index (χ3v) is 5.37. The van der Waals surface area contributed by atoms with Crippen molar-refractivity contribution in [3.8, 4) is 16.9 Å². The number of fused-ring (bicyclic) bond motifs is 1. The number of thiol groups is 1. The van der Waals surface area contributed by atoms with Crippen LogP contribution in [0, 0.1) is 0 Å². The van der Waals surface area contributed by atoms with E-state index in [1.807, 2.05) is 35.2 Å². The predicted octanol–water partition coefficient (Wildman–Crippen LogP) is 1.69. The molecule has 8 heteroatoms. The fraction of sp³-hybridized carbons (Fsp3) is 0.263. The maximum absolute atomic E-state index is 10.9. The summed E-state index contributed by atoms with van der Waals surface area (Å²) in [5.74, 6) is 1.15. The van der Waals surface area contributed by atoms with E-state index in [-0.39, 0.29) is 11.6 Å². The lowest BCUT2D eigenvalue weighted by atomic mass is 10.0. The van der Waals surface area contributed by atoms with Crippen LogP contribution in [0.1, 0.15) is 0 Å². The molecule has 0 atom stereocenters. The molecule has 7 nitrogen and oxygen atoms in total. The maximum Gasteiger partial charge on any atom is 0.153 e. The van der Waals surface area contributed by atoms with Crippen molar-refractivity contribution >= 4 is 27.6 Å². The zero-order chi connectivity index (χ0) is 18.8. The summed E-state index contributed by atoms with van der Waals surface area (Å²) in [4.78, 5) is 13.3. The number of nitrogens with zero attached hydrogens (tertiary/aromatic N) is 4. The van der Waals surface area contributed by atoms with Crippen molar-refractivity contribution in [3.63, 3.8) is 0 Å². The quantitative estimate of drug-likeness (QED) is 0.662. The first-order valence-corrected chi connectivity index (χ1v) is 10.1. The van der Waals surface area contributed by atoms with E-state index >= 15 is 0 Å². The van der Waals surface area contributed by atoms with Gasteiger partial charge in [-0.1, -0.05) is 18.2 Å². The Morgan fingerprint density at radius 2 is 1.63 bits per heavy atom. The second kappa shape index (κ2) is 7.50. The van der Waals surface area contributed by atoms with Gasteiger partial charge in [0.15, 0.2) is 10.7 Å². The molecule has 1 aromatic heterocycles. The lowest BCUT2D eigenvalue weighted by molar-refractivity contribution is 0.295. The molecule has 0 spiro atoms. The average molecular weight is 384 g/mol. The molecular weight excluding hydrogens is 364 g/mol. The standard InChI is InChI=1S/C19H20N4O3S/c24-16-4-1-14(2-5-16)15-3-6-17-18(11-15)21-19(12-20-17)23-9-7-22(8-10-23)13-27(25)26/h1-6,11-12,24,27H,7-10,13H2. The Hall–Kier alpha value is -2.71. The van der Waals surface area contributed by atoms with Crippen LogP contribution in [0.2, 0.25) is 0 Å². The van der Waals surface area contributed by atoms with Crippen molar-refractivity contribution in [3.05, 3.63) is 48.7 Å². The van der Waals surface area contributed by atoms with E-state index in [4.69, 9.17) is 4.98 Å². The van der Waals surface area contributed by atoms with Gasteiger partial charge < -0.3 is 10.0 Å². The Morgan fingerprint density at radius 3 is 2.33 bits per heavy atom. The second-order valence-electron chi connectivity index (χ2n) is 6.56. The molecule has 3 aromatic rings. The van der Waals surface area contributed by atoms with Crippen LogP contribution in [0.15, 0.2) is 48.7 Å². The van der Waals surface area contributed by atoms with Crippen LogP contribution in [0.4, 0.5) is 5.82 Å². The largest absolute Gasteiger partial charge is 0.508 e. The summed E-state index contributed by atoms with van der Waals surface area (Å²) >= 11 is 0. The first-order chi connectivity index (χ1) is 13.1. The number of phenols is 1. The monoisotopic (exact) mass is 384 g/mol. The smallest absolute Gasteiger partial charge is 0.153 e. The average Bonchev–Trinajstić information content (AvgIpc) is 2.68. The van der Waals surface area contributed by atoms with Crippen molar-refractivity contribution in [1.82, 2.24) is 14.9 Å². The zero-order valence-corrected chi connectivity index (χ0v) is 15.5. The van der Waals surface area contributed by atoms with Crippen molar-refractivity contribution in [2.24, 2.45) is 0 Å². The minimum atomic E-state index is -2.38. The van der Waals surface area contributed by atoms with E-state index < -0.39 is 10.7 Å². The van der Waals surface area contributed by atoms with Gasteiger partial charge in [-0.05, 0) is 35.4 Å². The molecule has 0 aliphatic carbocycles. The lowest BCUT2D eigenvalue weighted by Gasteiger charge is -2.34. The molecule has 0 unspecified atom stereocenters. The SMILES string of the molecule is O=[SH](=O)CN1CCN(c2cnc3ccc(-c4ccc(O)cc4)cc3n2)CC1. The van der Waals surface area contributed by atoms with Gasteiger partial charge in [0.1, 0.15) is 11.6 Å². The molecule has 0 amide bonds. The number of aromatic hydroxyl groups is 1. The Labute approximate surface area is 158 Å². The highest BCUT2D eigenvalue weighted by molar-refractivity contribution is 7.72. The third-order valence-electron chi connectivity index (χ3n) is 4.74. The van der Waals surface area contributed by atoms with Crippen molar-refractivity contribution in [2.75, 3.05) is 37.0 Å². The molecule has 2 aromatic carbocycles. The van der Waals surface area contributed by atoms with Gasteiger partial charge in [0.05, 0.1) is 23.1 Å². The third kappa shape index (κ3) is 4.01. The number of anilines is 1. The molecule has 2 heterocycles. The summed E-state index contributed by atoms with van der Waals surface area (Å²) in [7, 11) is -2.38. The number of hydrogen-bond donors (Lipinski definition) is 2. The second-order valence-corrected chi connectivity index (χ2v) is 7.51. The van der Waals surface area contributed by atoms with Gasteiger partial charge in [0.2, 0.25) is 0 Å². The summed E-state index contributed by atoms with van der Waals surface area (Å²) in [6.07, 6.45) is 1.77. The van der Waals surface area contributed by atoms with Gasteiger partial charge in [0.25, 0.3) is 0 Å². The van der Waals surface area contributed by atoms with Gasteiger partial charge >= 0.3 is 0 Å². The summed E-state index contributed by atoms with van der Waals surface area (Å²) in [6, 6.07) is 13.0. The minimum Gasteiger partial charge on any atom is -0.508 e. The molecule has 0 bridgehead atoms. The normalized spacial score (nSPS) is 15.5. The molecule has 4 rings (SSSR count). The van der Waals surface area contributed by atoms with Crippen LogP contribution in [-0.2, 0) is 10.7 Å². The molecular formula is C19H20N4O3S. The number of rotatable bonds is 4. The Kier molecular flexibility index (Phi) is 4.91. The Morgan fingerprint density at radius 1 is 0.926 bits per heavy atom. The fourth-order valence-electron chi connectivity index (χ4n) is 3.27. The van der Waals surface area contributed by atoms with Crippen LogP contribution in [0.3, 0.4) is 0 Å². The molecule has 1 N–H and O–H groups in total. The summed E-state index contributed by atoms with van der Waals surface area (Å²) < 4.78 is 21.8. The van der Waals surface area contributed by atoms with Gasteiger partial charge in [-0.2, -0.15) is 0 Å². The summed E-state index contributed by atoms with van der Waals surface area (Å²) in [6.45, 7) is 2.83. The van der Waals surface area contributed by atoms with Crippen molar-refractivity contribution in [2.45, 2.75) is 0 Å². The topological polar surface area (TPSA) is 86.6 Å². The highest BCUT2D eigenvalue weighted by Gasteiger charge is 2.19. The highest BCUT2D eigenvalue weighted by atomic mass is 32.2. The van der Waals surface area contributed by atoms with E-state index in [1.165, 1.54) is 0 Å². The van der Waals surface area contributed by atoms with Crippen LogP contribution in [0.5, 0.6) is 5.75 Å². The molecule has 1 fully saturated rings. The van der Waals surface area contributed by atoms with Gasteiger partial charge in [-0.3, -0.25) is 9.88 Å². The molecule has 0 radical (unpaired) electrons. The molecule has 27 heavy (non-hydrogen) atoms. The number of phenolic OH excluding ortho intramolecular Hbond substituents is 1. The first-order valence-electron chi connectivity index (χ1n) is 8.74. The van der Waals surface area contributed by atoms with E-state index in [0.717, 1.165) is 41.1 Å². The maximum atomic E-state index is 10.9. The minimum absolute atomic E-state index is 0.114. The molecule has 1 saturated heterocycles. The fourth-order valence-corrected chi connectivity index (χ4v) is 3.88. The van der Waals surface area contributed by atoms with E-state index in [0.29, 0.717) is 13.1 Å². The van der Waals surface area contributed by atoms with E-state index in [1.54, 1.807) is 18.3 Å². The van der Waals surface area contributed by atoms with Crippen LogP contribution in [-0.4, -0.2) is 60.4 Å². The lowest BCUT2D eigenvalue weighted by Crippen LogP contribution is -2.47. The number of benzene rings is 2. The number of piperazine rings is 1. The van der Waals surface area contributed by atoms with E-state index in [2.05, 4.69) is 9.88 Å². The zero-order valence-electron chi connectivity index (χ0n) is 14.7. The molecule has 1 aliphatic rings. The van der Waals surface area contributed by atoms with Gasteiger partial charge in [0, 0.05) is 26.2 Å². The van der Waals surface area contributed by atoms with Gasteiger partial charge in [-0.25, -0.2) is 13.4 Å². The van der Waals surface area contributed by atoms with Crippen LogP contribution < -0.4 is 4.90 Å². The van der Waals surface area contributed by atoms with Gasteiger partial charge in [-0.15, -0.1) is 0 Å². The highest BCUT2D eigenvalue weighted by Crippen LogP contribution is 2.25. The summed E-state index contributed by atoms with van der Waals surface area (Å²) in [5, 5.41) is 9.46. The molecule has 140 valence electrons. The van der Waals surface area contributed by atoms with Crippen LogP contribution in [0.25, 0.3) is 22.2 Å². The van der Waals surface area contributed by atoms with Crippen molar-refractivity contribution < 1.29 is 13.5 Å². The molecule has 1 aliphatic heterocycles. The number of aromatic nitrogens is 2. The van der Waals surface area contributed by atoms with Crippen LogP contribution >= 0.6 is 0 Å².